The molecule has 0 saturated carbocycles. The topological polar surface area (TPSA) is 38.7 Å². The molecular formula is C81H63N3. The molecule has 0 aliphatic rings. The number of aryl methyl sites for hydroxylation is 6. The van der Waals surface area contributed by atoms with E-state index in [0.29, 0.717) is 0 Å². The molecule has 3 heteroatoms. The van der Waals surface area contributed by atoms with Gasteiger partial charge in [-0.05, 0) is 196 Å². The van der Waals surface area contributed by atoms with Crippen molar-refractivity contribution in [3.8, 4) is 134 Å². The van der Waals surface area contributed by atoms with Crippen molar-refractivity contribution in [1.82, 2.24) is 15.0 Å². The fourth-order valence-electron chi connectivity index (χ4n) is 12.2. The van der Waals surface area contributed by atoms with Gasteiger partial charge in [0.15, 0.2) is 0 Å². The van der Waals surface area contributed by atoms with Crippen LogP contribution in [0, 0.1) is 41.5 Å². The zero-order chi connectivity index (χ0) is 57.3. The minimum Gasteiger partial charge on any atom is -0.248 e. The lowest BCUT2D eigenvalue weighted by Crippen LogP contribution is -1.96. The average molecular weight is 1080 g/mol. The van der Waals surface area contributed by atoms with Crippen molar-refractivity contribution in [2.75, 3.05) is 0 Å². The van der Waals surface area contributed by atoms with Crippen LogP contribution in [-0.4, -0.2) is 15.0 Å². The maximum absolute atomic E-state index is 5.57. The first-order chi connectivity index (χ1) is 41.1. The van der Waals surface area contributed by atoms with Gasteiger partial charge in [-0.1, -0.05) is 218 Å². The predicted molar refractivity (Wildman–Crippen MR) is 353 cm³/mol. The highest BCUT2D eigenvalue weighted by Crippen LogP contribution is 2.41. The van der Waals surface area contributed by atoms with Crippen molar-refractivity contribution in [2.45, 2.75) is 41.5 Å². The van der Waals surface area contributed by atoms with Gasteiger partial charge in [0.25, 0.3) is 0 Å². The number of aromatic nitrogens is 3. The first-order valence-electron chi connectivity index (χ1n) is 29.0. The molecule has 402 valence electrons. The summed E-state index contributed by atoms with van der Waals surface area (Å²) in [4.78, 5) is 16.7. The summed E-state index contributed by atoms with van der Waals surface area (Å²) in [7, 11) is 0. The zero-order valence-corrected chi connectivity index (χ0v) is 48.3. The molecule has 3 nitrogen and oxygen atoms in total. The molecule has 3 heterocycles. The van der Waals surface area contributed by atoms with Gasteiger partial charge in [0, 0.05) is 33.4 Å². The van der Waals surface area contributed by atoms with Crippen LogP contribution in [0.15, 0.2) is 273 Å². The second kappa shape index (κ2) is 22.9. The van der Waals surface area contributed by atoms with Crippen LogP contribution in [0.2, 0.25) is 0 Å². The van der Waals surface area contributed by atoms with Gasteiger partial charge in [0.05, 0.1) is 34.2 Å². The standard InChI is InChI=1S/C81H63N3/c1-52-19-16-20-53(2)79(52)64-37-31-58(32-38-64)67-46-73(61-25-10-7-11-26-61)82-76(49-67)70-43-71(77-50-68(47-74(83-77)62-27-12-8-13-28-62)59-33-39-65(40-34-59)80-54(3)21-17-22-55(80)4)45-72(44-70)78-51-69(48-75(84-78)63-29-14-9-15-30-63)60-35-41-66(42-36-60)81-56(5)23-18-24-57(81)6/h7-51H,1-6H3. The Kier molecular flexibility index (Phi) is 14.4. The molecule has 0 bridgehead atoms. The minimum atomic E-state index is 0.844. The Morgan fingerprint density at radius 2 is 0.357 bits per heavy atom. The van der Waals surface area contributed by atoms with Gasteiger partial charge < -0.3 is 0 Å². The van der Waals surface area contributed by atoms with Crippen LogP contribution in [0.25, 0.3) is 134 Å². The maximum atomic E-state index is 5.57. The van der Waals surface area contributed by atoms with E-state index in [9.17, 15) is 0 Å². The summed E-state index contributed by atoms with van der Waals surface area (Å²) >= 11 is 0. The third-order valence-electron chi connectivity index (χ3n) is 16.5. The van der Waals surface area contributed by atoms with E-state index in [1.54, 1.807) is 0 Å². The smallest absolute Gasteiger partial charge is 0.0716 e. The Bertz CT molecular complexity index is 4000. The van der Waals surface area contributed by atoms with Gasteiger partial charge in [-0.15, -0.1) is 0 Å². The minimum absolute atomic E-state index is 0.844. The molecule has 0 aliphatic carbocycles. The van der Waals surface area contributed by atoms with Crippen molar-refractivity contribution in [3.05, 3.63) is 306 Å². The Morgan fingerprint density at radius 3 is 0.583 bits per heavy atom. The first kappa shape index (κ1) is 53.0. The summed E-state index contributed by atoms with van der Waals surface area (Å²) in [6.07, 6.45) is 0. The van der Waals surface area contributed by atoms with Gasteiger partial charge in [-0.3, -0.25) is 0 Å². The fraction of sp³-hybridized carbons (Fsp3) is 0.0741. The van der Waals surface area contributed by atoms with Crippen LogP contribution in [0.4, 0.5) is 0 Å². The molecule has 3 aromatic heterocycles. The Morgan fingerprint density at radius 1 is 0.155 bits per heavy atom. The number of benzene rings is 10. The van der Waals surface area contributed by atoms with Gasteiger partial charge >= 0.3 is 0 Å². The molecule has 0 spiro atoms. The highest BCUT2D eigenvalue weighted by Gasteiger charge is 2.19. The predicted octanol–water partition coefficient (Wildman–Crippen LogP) is 21.7. The molecule has 84 heavy (non-hydrogen) atoms. The summed E-state index contributed by atoms with van der Waals surface area (Å²) < 4.78 is 0. The van der Waals surface area contributed by atoms with Crippen LogP contribution < -0.4 is 0 Å². The summed E-state index contributed by atoms with van der Waals surface area (Å²) in [5.74, 6) is 0. The van der Waals surface area contributed by atoms with Crippen molar-refractivity contribution in [3.63, 3.8) is 0 Å². The van der Waals surface area contributed by atoms with E-state index in [-0.39, 0.29) is 0 Å². The van der Waals surface area contributed by atoms with Gasteiger partial charge in [-0.2, -0.15) is 0 Å². The molecule has 0 radical (unpaired) electrons. The number of hydrogen-bond acceptors (Lipinski definition) is 3. The third kappa shape index (κ3) is 10.8. The largest absolute Gasteiger partial charge is 0.248 e. The average Bonchev–Trinajstić information content (AvgIpc) is 3.72. The van der Waals surface area contributed by atoms with E-state index in [0.717, 1.165) is 101 Å². The van der Waals surface area contributed by atoms with Crippen molar-refractivity contribution in [2.24, 2.45) is 0 Å². The Hall–Kier alpha value is -10.4. The molecule has 0 fully saturated rings. The summed E-state index contributed by atoms with van der Waals surface area (Å²) in [6, 6.07) is 98.4. The molecule has 13 rings (SSSR count). The number of rotatable bonds is 12. The molecular weight excluding hydrogens is 1010 g/mol. The molecule has 0 saturated heterocycles. The van der Waals surface area contributed by atoms with Crippen LogP contribution in [0.5, 0.6) is 0 Å². The van der Waals surface area contributed by atoms with Crippen molar-refractivity contribution >= 4 is 0 Å². The number of hydrogen-bond donors (Lipinski definition) is 0. The maximum Gasteiger partial charge on any atom is 0.0716 e. The lowest BCUT2D eigenvalue weighted by atomic mass is 9.92. The van der Waals surface area contributed by atoms with E-state index < -0.39 is 0 Å². The molecule has 0 N–H and O–H groups in total. The summed E-state index contributed by atoms with van der Waals surface area (Å²) in [5, 5.41) is 0. The SMILES string of the molecule is Cc1cccc(C)c1-c1ccc(-c2cc(-c3ccccc3)nc(-c3cc(-c4cc(-c5ccc(-c6c(C)cccc6C)cc5)cc(-c5ccccc5)n4)cc(-c4cc(-c5ccc(-c6c(C)cccc6C)cc5)cc(-c5ccccc5)n4)c3)c2)cc1. The molecule has 13 aromatic rings. The van der Waals surface area contributed by atoms with Gasteiger partial charge in [-0.25, -0.2) is 15.0 Å². The van der Waals surface area contributed by atoms with Crippen LogP contribution in [0.3, 0.4) is 0 Å². The van der Waals surface area contributed by atoms with Gasteiger partial charge in [0.1, 0.15) is 0 Å². The zero-order valence-electron chi connectivity index (χ0n) is 48.3. The lowest BCUT2D eigenvalue weighted by molar-refractivity contribution is 1.29. The van der Waals surface area contributed by atoms with E-state index in [1.807, 2.05) is 0 Å². The molecule has 0 aliphatic heterocycles. The molecule has 0 atom stereocenters. The second-order valence-electron chi connectivity index (χ2n) is 22.3. The quantitative estimate of drug-likeness (QED) is 0.122. The highest BCUT2D eigenvalue weighted by molar-refractivity contribution is 5.87. The number of pyridine rings is 3. The lowest BCUT2D eigenvalue weighted by Gasteiger charge is -2.16. The molecule has 10 aromatic carbocycles. The van der Waals surface area contributed by atoms with E-state index in [1.165, 1.54) is 66.8 Å². The fourth-order valence-corrected chi connectivity index (χ4v) is 12.2. The Labute approximate surface area is 494 Å². The summed E-state index contributed by atoms with van der Waals surface area (Å²) in [5.41, 5.74) is 32.7. The van der Waals surface area contributed by atoms with Crippen molar-refractivity contribution in [1.29, 1.82) is 0 Å². The number of nitrogens with zero attached hydrogens (tertiary/aromatic N) is 3. The third-order valence-corrected chi connectivity index (χ3v) is 16.5. The van der Waals surface area contributed by atoms with Gasteiger partial charge in [0.2, 0.25) is 0 Å². The monoisotopic (exact) mass is 1080 g/mol. The summed E-state index contributed by atoms with van der Waals surface area (Å²) in [6.45, 7) is 13.2. The van der Waals surface area contributed by atoms with Crippen LogP contribution in [-0.2, 0) is 0 Å². The van der Waals surface area contributed by atoms with E-state index >= 15 is 0 Å². The van der Waals surface area contributed by atoms with Crippen LogP contribution >= 0.6 is 0 Å². The molecule has 0 unspecified atom stereocenters. The molecule has 0 amide bonds. The second-order valence-corrected chi connectivity index (χ2v) is 22.3. The normalized spacial score (nSPS) is 11.2. The van der Waals surface area contributed by atoms with E-state index in [4.69, 9.17) is 15.0 Å². The van der Waals surface area contributed by atoms with E-state index in [2.05, 4.69) is 315 Å². The Balaban J connectivity index is 1.02. The van der Waals surface area contributed by atoms with Crippen LogP contribution in [0.1, 0.15) is 33.4 Å². The van der Waals surface area contributed by atoms with Crippen molar-refractivity contribution < 1.29 is 0 Å². The highest BCUT2D eigenvalue weighted by atomic mass is 14.7. The first-order valence-corrected chi connectivity index (χ1v) is 29.0.